The zero-order valence-corrected chi connectivity index (χ0v) is 17.2. The van der Waals surface area contributed by atoms with E-state index in [1.807, 2.05) is 45.0 Å². The molecule has 2 aliphatic heterocycles. The zero-order chi connectivity index (χ0) is 19.0. The van der Waals surface area contributed by atoms with Crippen LogP contribution in [0.15, 0.2) is 24.3 Å². The molecule has 0 spiro atoms. The van der Waals surface area contributed by atoms with Crippen LogP contribution in [0.4, 0.5) is 0 Å². The van der Waals surface area contributed by atoms with Gasteiger partial charge in [0, 0.05) is 11.3 Å². The van der Waals surface area contributed by atoms with Crippen molar-refractivity contribution in [3.63, 3.8) is 0 Å². The smallest absolute Gasteiger partial charge is 0.308 e. The molecule has 0 aromatic heterocycles. The summed E-state index contributed by atoms with van der Waals surface area (Å²) in [6.07, 6.45) is -0.291. The Labute approximate surface area is 154 Å². The fourth-order valence-electron chi connectivity index (χ4n) is 2.72. The number of benzene rings is 1. The van der Waals surface area contributed by atoms with E-state index in [2.05, 4.69) is 0 Å². The van der Waals surface area contributed by atoms with Crippen molar-refractivity contribution in [2.45, 2.75) is 39.3 Å². The minimum absolute atomic E-state index is 0.00150. The van der Waals surface area contributed by atoms with Crippen LogP contribution in [0.25, 0.3) is 0 Å². The molecular formula is C17H27NO6P2. The minimum atomic E-state index is -3.28. The highest BCUT2D eigenvalue weighted by Crippen LogP contribution is 2.57. The Kier molecular flexibility index (Phi) is 5.82. The summed E-state index contributed by atoms with van der Waals surface area (Å²) in [4.78, 5) is 0. The SMILES string of the molecule is CC1COP(=O)(Cc2cccc(CP3(=O)OCC(C)(C)CO3)c2)OC1N. The summed E-state index contributed by atoms with van der Waals surface area (Å²) >= 11 is 0. The summed E-state index contributed by atoms with van der Waals surface area (Å²) in [6, 6.07) is 7.34. The molecule has 7 nitrogen and oxygen atoms in total. The van der Waals surface area contributed by atoms with Crippen LogP contribution >= 0.6 is 15.2 Å². The van der Waals surface area contributed by atoms with Gasteiger partial charge in [-0.2, -0.15) is 0 Å². The van der Waals surface area contributed by atoms with E-state index in [0.717, 1.165) is 11.1 Å². The van der Waals surface area contributed by atoms with E-state index in [-0.39, 0.29) is 23.7 Å². The van der Waals surface area contributed by atoms with Crippen molar-refractivity contribution >= 4 is 15.2 Å². The topological polar surface area (TPSA) is 97.1 Å². The lowest BCUT2D eigenvalue weighted by Gasteiger charge is -2.34. The number of rotatable bonds is 4. The average Bonchev–Trinajstić information content (AvgIpc) is 2.55. The van der Waals surface area contributed by atoms with Gasteiger partial charge in [0.1, 0.15) is 6.23 Å². The Bertz CT molecular complexity index is 739. The van der Waals surface area contributed by atoms with Crippen LogP contribution in [0.3, 0.4) is 0 Å². The fourth-order valence-corrected chi connectivity index (χ4v) is 6.62. The van der Waals surface area contributed by atoms with E-state index in [0.29, 0.717) is 19.8 Å². The summed E-state index contributed by atoms with van der Waals surface area (Å²) in [6.45, 7) is 7.00. The Balaban J connectivity index is 1.67. The highest BCUT2D eigenvalue weighted by atomic mass is 31.2. The molecule has 0 radical (unpaired) electrons. The van der Waals surface area contributed by atoms with Crippen molar-refractivity contribution in [3.8, 4) is 0 Å². The van der Waals surface area contributed by atoms with E-state index >= 15 is 0 Å². The van der Waals surface area contributed by atoms with Gasteiger partial charge in [-0.1, -0.05) is 45.0 Å². The zero-order valence-electron chi connectivity index (χ0n) is 15.4. The molecule has 0 saturated carbocycles. The van der Waals surface area contributed by atoms with Crippen LogP contribution in [-0.2, 0) is 39.5 Å². The van der Waals surface area contributed by atoms with Crippen molar-refractivity contribution in [2.24, 2.45) is 17.1 Å². The molecule has 2 fully saturated rings. The van der Waals surface area contributed by atoms with Gasteiger partial charge in [0.05, 0.1) is 32.1 Å². The van der Waals surface area contributed by atoms with Crippen LogP contribution in [0.1, 0.15) is 31.9 Å². The lowest BCUT2D eigenvalue weighted by Crippen LogP contribution is -2.37. The number of hydrogen-bond acceptors (Lipinski definition) is 7. The second-order valence-electron chi connectivity index (χ2n) is 7.91. The molecule has 0 amide bonds. The second kappa shape index (κ2) is 7.48. The van der Waals surface area contributed by atoms with Crippen molar-refractivity contribution in [1.29, 1.82) is 0 Å². The highest BCUT2D eigenvalue weighted by molar-refractivity contribution is 7.53. The lowest BCUT2D eigenvalue weighted by molar-refractivity contribution is 0.0378. The highest BCUT2D eigenvalue weighted by Gasteiger charge is 2.38. The van der Waals surface area contributed by atoms with Crippen LogP contribution in [-0.4, -0.2) is 26.0 Å². The van der Waals surface area contributed by atoms with Gasteiger partial charge < -0.3 is 19.3 Å². The predicted molar refractivity (Wildman–Crippen MR) is 98.9 cm³/mol. The third kappa shape index (κ3) is 5.05. The van der Waals surface area contributed by atoms with Crippen LogP contribution < -0.4 is 5.73 Å². The summed E-state index contributed by atoms with van der Waals surface area (Å²) < 4.78 is 47.5. The largest absolute Gasteiger partial charge is 0.336 e. The second-order valence-corrected chi connectivity index (χ2v) is 12.0. The summed E-state index contributed by atoms with van der Waals surface area (Å²) in [5.41, 5.74) is 7.29. The first-order valence-corrected chi connectivity index (χ1v) is 12.2. The molecule has 1 aromatic rings. The van der Waals surface area contributed by atoms with E-state index in [1.165, 1.54) is 0 Å². The monoisotopic (exact) mass is 403 g/mol. The molecule has 2 heterocycles. The Hall–Kier alpha value is -0.520. The quantitative estimate of drug-likeness (QED) is 0.756. The molecular weight excluding hydrogens is 376 g/mol. The molecule has 2 N–H and O–H groups in total. The summed E-state index contributed by atoms with van der Waals surface area (Å²) in [5, 5.41) is 0. The molecule has 26 heavy (non-hydrogen) atoms. The first kappa shape index (κ1) is 20.2. The molecule has 3 rings (SSSR count). The third-order valence-corrected chi connectivity index (χ3v) is 8.08. The maximum absolute atomic E-state index is 12.8. The molecule has 9 heteroatoms. The Morgan fingerprint density at radius 1 is 1.08 bits per heavy atom. The van der Waals surface area contributed by atoms with Crippen LogP contribution in [0, 0.1) is 11.3 Å². The predicted octanol–water partition coefficient (Wildman–Crippen LogP) is 4.11. The molecule has 0 bridgehead atoms. The minimum Gasteiger partial charge on any atom is -0.308 e. The van der Waals surface area contributed by atoms with E-state index < -0.39 is 21.4 Å². The van der Waals surface area contributed by atoms with E-state index in [9.17, 15) is 9.13 Å². The van der Waals surface area contributed by atoms with Crippen molar-refractivity contribution in [3.05, 3.63) is 35.4 Å². The standard InChI is InChI=1S/C17H27NO6P2/c1-13-8-21-26(20,24-16(13)18)10-15-6-4-5-14(7-15)9-25(19)22-11-17(2,3)12-23-25/h4-7,13,16H,8-12,18H2,1-3H3. The fraction of sp³-hybridized carbons (Fsp3) is 0.647. The molecule has 3 unspecified atom stereocenters. The van der Waals surface area contributed by atoms with Crippen molar-refractivity contribution in [1.82, 2.24) is 0 Å². The van der Waals surface area contributed by atoms with E-state index in [1.54, 1.807) is 0 Å². The Morgan fingerprint density at radius 2 is 1.65 bits per heavy atom. The summed E-state index contributed by atoms with van der Waals surface area (Å²) in [5.74, 6) is -0.00150. The normalized spacial score (nSPS) is 33.7. The van der Waals surface area contributed by atoms with E-state index in [4.69, 9.17) is 23.8 Å². The van der Waals surface area contributed by atoms with Gasteiger partial charge in [-0.25, -0.2) is 0 Å². The number of hydrogen-bond donors (Lipinski definition) is 1. The molecule has 0 aliphatic carbocycles. The maximum Gasteiger partial charge on any atom is 0.336 e. The Morgan fingerprint density at radius 3 is 2.23 bits per heavy atom. The van der Waals surface area contributed by atoms with Gasteiger partial charge >= 0.3 is 15.2 Å². The van der Waals surface area contributed by atoms with Gasteiger partial charge in [0.2, 0.25) is 0 Å². The molecule has 146 valence electrons. The van der Waals surface area contributed by atoms with Gasteiger partial charge in [-0.3, -0.25) is 13.7 Å². The first-order chi connectivity index (χ1) is 12.1. The van der Waals surface area contributed by atoms with Gasteiger partial charge in [-0.15, -0.1) is 0 Å². The van der Waals surface area contributed by atoms with Crippen molar-refractivity contribution < 1.29 is 27.2 Å². The van der Waals surface area contributed by atoms with Crippen LogP contribution in [0.2, 0.25) is 0 Å². The molecule has 3 atom stereocenters. The first-order valence-electron chi connectivity index (χ1n) is 8.72. The third-order valence-electron chi connectivity index (χ3n) is 4.43. The molecule has 1 aromatic carbocycles. The van der Waals surface area contributed by atoms with Gasteiger partial charge in [0.15, 0.2) is 0 Å². The van der Waals surface area contributed by atoms with Gasteiger partial charge in [0.25, 0.3) is 0 Å². The number of nitrogens with two attached hydrogens (primary N) is 1. The maximum atomic E-state index is 12.8. The van der Waals surface area contributed by atoms with Gasteiger partial charge in [-0.05, 0) is 11.1 Å². The average molecular weight is 403 g/mol. The van der Waals surface area contributed by atoms with Crippen molar-refractivity contribution in [2.75, 3.05) is 19.8 Å². The molecule has 2 aliphatic rings. The lowest BCUT2D eigenvalue weighted by atomic mass is 9.97. The summed E-state index contributed by atoms with van der Waals surface area (Å²) in [7, 11) is -6.45. The molecule has 2 saturated heterocycles. The van der Waals surface area contributed by atoms with Crippen LogP contribution in [0.5, 0.6) is 0 Å².